The van der Waals surface area contributed by atoms with Gasteiger partial charge in [0.1, 0.15) is 5.75 Å². The summed E-state index contributed by atoms with van der Waals surface area (Å²) in [5.41, 5.74) is 0.923. The Kier molecular flexibility index (Phi) is 7.78. The molecule has 0 heterocycles. The second-order valence-electron chi connectivity index (χ2n) is 6.34. The van der Waals surface area contributed by atoms with E-state index in [4.69, 9.17) is 4.74 Å². The molecule has 23 heavy (non-hydrogen) atoms. The molecule has 0 unspecified atom stereocenters. The van der Waals surface area contributed by atoms with E-state index in [9.17, 15) is 4.79 Å². The SMILES string of the molecule is CCCOc1cccc(NCC(=O)NC2CCCCCCC2)c1. The van der Waals surface area contributed by atoms with Gasteiger partial charge in [-0.25, -0.2) is 0 Å². The Balaban J connectivity index is 1.74. The van der Waals surface area contributed by atoms with E-state index in [2.05, 4.69) is 17.6 Å². The number of amides is 1. The van der Waals surface area contributed by atoms with Crippen molar-refractivity contribution in [2.75, 3.05) is 18.5 Å². The van der Waals surface area contributed by atoms with E-state index in [1.807, 2.05) is 24.3 Å². The van der Waals surface area contributed by atoms with Crippen LogP contribution < -0.4 is 15.4 Å². The minimum absolute atomic E-state index is 0.0791. The van der Waals surface area contributed by atoms with Crippen molar-refractivity contribution in [2.45, 2.75) is 64.3 Å². The maximum atomic E-state index is 12.1. The van der Waals surface area contributed by atoms with Crippen LogP contribution in [0.1, 0.15) is 58.3 Å². The first-order valence-corrected chi connectivity index (χ1v) is 9.04. The Morgan fingerprint density at radius 3 is 2.65 bits per heavy atom. The van der Waals surface area contributed by atoms with E-state index in [-0.39, 0.29) is 5.91 Å². The molecule has 0 atom stereocenters. The fraction of sp³-hybridized carbons (Fsp3) is 0.632. The number of ether oxygens (including phenoxy) is 1. The Bertz CT molecular complexity index is 468. The summed E-state index contributed by atoms with van der Waals surface area (Å²) in [7, 11) is 0. The summed E-state index contributed by atoms with van der Waals surface area (Å²) < 4.78 is 5.61. The summed E-state index contributed by atoms with van der Waals surface area (Å²) in [6.07, 6.45) is 9.63. The number of carbonyl (C=O) groups is 1. The van der Waals surface area contributed by atoms with Crippen LogP contribution in [0, 0.1) is 0 Å². The molecule has 1 aromatic carbocycles. The first-order valence-electron chi connectivity index (χ1n) is 9.04. The average Bonchev–Trinajstić information content (AvgIpc) is 2.54. The maximum absolute atomic E-state index is 12.1. The molecule has 0 bridgehead atoms. The quantitative estimate of drug-likeness (QED) is 0.795. The number of hydrogen-bond acceptors (Lipinski definition) is 3. The van der Waals surface area contributed by atoms with E-state index >= 15 is 0 Å². The van der Waals surface area contributed by atoms with Crippen LogP contribution in [0.5, 0.6) is 5.75 Å². The van der Waals surface area contributed by atoms with Crippen LogP contribution >= 0.6 is 0 Å². The van der Waals surface area contributed by atoms with E-state index in [1.54, 1.807) is 0 Å². The Labute approximate surface area is 140 Å². The van der Waals surface area contributed by atoms with Gasteiger partial charge in [-0.2, -0.15) is 0 Å². The van der Waals surface area contributed by atoms with Crippen molar-refractivity contribution < 1.29 is 9.53 Å². The summed E-state index contributed by atoms with van der Waals surface area (Å²) in [6.45, 7) is 3.11. The van der Waals surface area contributed by atoms with Gasteiger partial charge in [0.2, 0.25) is 5.91 Å². The van der Waals surface area contributed by atoms with Gasteiger partial charge in [0.05, 0.1) is 13.2 Å². The van der Waals surface area contributed by atoms with Crippen LogP contribution in [0.4, 0.5) is 5.69 Å². The van der Waals surface area contributed by atoms with Crippen molar-refractivity contribution in [3.63, 3.8) is 0 Å². The smallest absolute Gasteiger partial charge is 0.239 e. The Hall–Kier alpha value is -1.71. The van der Waals surface area contributed by atoms with Gasteiger partial charge in [0.15, 0.2) is 0 Å². The van der Waals surface area contributed by atoms with Gasteiger partial charge in [-0.15, -0.1) is 0 Å². The lowest BCUT2D eigenvalue weighted by atomic mass is 9.97. The molecule has 0 spiro atoms. The van der Waals surface area contributed by atoms with Crippen LogP contribution in [-0.4, -0.2) is 25.1 Å². The van der Waals surface area contributed by atoms with Gasteiger partial charge in [-0.05, 0) is 31.4 Å². The van der Waals surface area contributed by atoms with E-state index in [0.717, 1.165) is 30.7 Å². The average molecular weight is 318 g/mol. The third kappa shape index (κ3) is 6.93. The van der Waals surface area contributed by atoms with Crippen LogP contribution in [0.2, 0.25) is 0 Å². The molecule has 1 aliphatic rings. The van der Waals surface area contributed by atoms with Gasteiger partial charge in [-0.1, -0.05) is 45.1 Å². The topological polar surface area (TPSA) is 50.4 Å². The highest BCUT2D eigenvalue weighted by atomic mass is 16.5. The molecule has 1 aliphatic carbocycles. The van der Waals surface area contributed by atoms with Crippen LogP contribution in [-0.2, 0) is 4.79 Å². The molecule has 2 rings (SSSR count). The first kappa shape index (κ1) is 17.6. The molecular weight excluding hydrogens is 288 g/mol. The molecule has 1 fully saturated rings. The lowest BCUT2D eigenvalue weighted by Crippen LogP contribution is -2.38. The number of benzene rings is 1. The van der Waals surface area contributed by atoms with E-state index < -0.39 is 0 Å². The highest BCUT2D eigenvalue weighted by molar-refractivity contribution is 5.81. The number of hydrogen-bond donors (Lipinski definition) is 2. The monoisotopic (exact) mass is 318 g/mol. The van der Waals surface area contributed by atoms with Crippen molar-refractivity contribution in [1.29, 1.82) is 0 Å². The predicted molar refractivity (Wildman–Crippen MR) is 95.0 cm³/mol. The molecule has 1 saturated carbocycles. The molecule has 1 amide bonds. The van der Waals surface area contributed by atoms with Crippen LogP contribution in [0.15, 0.2) is 24.3 Å². The summed E-state index contributed by atoms with van der Waals surface area (Å²) in [6, 6.07) is 8.14. The highest BCUT2D eigenvalue weighted by Crippen LogP contribution is 2.18. The maximum Gasteiger partial charge on any atom is 0.239 e. The van der Waals surface area contributed by atoms with Crippen LogP contribution in [0.3, 0.4) is 0 Å². The van der Waals surface area contributed by atoms with Crippen molar-refractivity contribution in [2.24, 2.45) is 0 Å². The molecule has 128 valence electrons. The summed E-state index contributed by atoms with van der Waals surface area (Å²) in [5.74, 6) is 0.924. The molecule has 0 radical (unpaired) electrons. The van der Waals surface area contributed by atoms with Crippen molar-refractivity contribution in [1.82, 2.24) is 5.32 Å². The Morgan fingerprint density at radius 2 is 1.91 bits per heavy atom. The molecule has 4 nitrogen and oxygen atoms in total. The minimum atomic E-state index is 0.0791. The minimum Gasteiger partial charge on any atom is -0.494 e. The van der Waals surface area contributed by atoms with Crippen molar-refractivity contribution >= 4 is 11.6 Å². The molecular formula is C19H30N2O2. The molecule has 4 heteroatoms. The third-order valence-corrected chi connectivity index (χ3v) is 4.23. The molecule has 0 aliphatic heterocycles. The molecule has 2 N–H and O–H groups in total. The zero-order valence-corrected chi connectivity index (χ0v) is 14.3. The second-order valence-corrected chi connectivity index (χ2v) is 6.34. The number of carbonyl (C=O) groups excluding carboxylic acids is 1. The van der Waals surface area contributed by atoms with Crippen molar-refractivity contribution in [3.05, 3.63) is 24.3 Å². The number of nitrogens with one attached hydrogen (secondary N) is 2. The van der Waals surface area contributed by atoms with Gasteiger partial charge >= 0.3 is 0 Å². The zero-order valence-electron chi connectivity index (χ0n) is 14.3. The van der Waals surface area contributed by atoms with E-state index in [0.29, 0.717) is 19.2 Å². The summed E-state index contributed by atoms with van der Waals surface area (Å²) >= 11 is 0. The van der Waals surface area contributed by atoms with Crippen molar-refractivity contribution in [3.8, 4) is 5.75 Å². The third-order valence-electron chi connectivity index (χ3n) is 4.23. The molecule has 0 aromatic heterocycles. The summed E-state index contributed by atoms with van der Waals surface area (Å²) in [4.78, 5) is 12.1. The standard InChI is InChI=1S/C19H30N2O2/c1-2-13-23-18-12-8-11-17(14-18)20-15-19(22)21-16-9-6-4-3-5-7-10-16/h8,11-12,14,16,20H,2-7,9-10,13,15H2,1H3,(H,21,22). The highest BCUT2D eigenvalue weighted by Gasteiger charge is 2.13. The van der Waals surface area contributed by atoms with Gasteiger partial charge < -0.3 is 15.4 Å². The largest absolute Gasteiger partial charge is 0.494 e. The van der Waals surface area contributed by atoms with Crippen LogP contribution in [0.25, 0.3) is 0 Å². The second kappa shape index (κ2) is 10.1. The van der Waals surface area contributed by atoms with Gasteiger partial charge in [-0.3, -0.25) is 4.79 Å². The predicted octanol–water partition coefficient (Wildman–Crippen LogP) is 4.12. The first-order chi connectivity index (χ1) is 11.3. The van der Waals surface area contributed by atoms with E-state index in [1.165, 1.54) is 32.1 Å². The normalized spacial score (nSPS) is 16.2. The summed E-state index contributed by atoms with van der Waals surface area (Å²) in [5, 5.41) is 6.36. The molecule has 0 saturated heterocycles. The zero-order chi connectivity index (χ0) is 16.3. The lowest BCUT2D eigenvalue weighted by Gasteiger charge is -2.21. The van der Waals surface area contributed by atoms with Gasteiger partial charge in [0.25, 0.3) is 0 Å². The Morgan fingerprint density at radius 1 is 1.17 bits per heavy atom. The molecule has 1 aromatic rings. The fourth-order valence-electron chi connectivity index (χ4n) is 2.98. The number of rotatable bonds is 7. The lowest BCUT2D eigenvalue weighted by molar-refractivity contribution is -0.120. The number of anilines is 1. The van der Waals surface area contributed by atoms with Gasteiger partial charge in [0, 0.05) is 17.8 Å². The fourth-order valence-corrected chi connectivity index (χ4v) is 2.98.